The lowest BCUT2D eigenvalue weighted by molar-refractivity contribution is 0.838. The molecular weight excluding hydrogens is 258 g/mol. The molecule has 3 aromatic rings. The summed E-state index contributed by atoms with van der Waals surface area (Å²) in [5.74, 6) is 0.634. The molecule has 1 N–H and O–H groups in total. The van der Waals surface area contributed by atoms with Crippen LogP contribution in [0.25, 0.3) is 5.65 Å². The van der Waals surface area contributed by atoms with Gasteiger partial charge in [-0.15, -0.1) is 16.4 Å². The van der Waals surface area contributed by atoms with Gasteiger partial charge in [-0.3, -0.25) is 0 Å². The number of hydrogen-bond donors (Lipinski definition) is 1. The molecule has 98 valence electrons. The summed E-state index contributed by atoms with van der Waals surface area (Å²) in [5, 5.41) is 10.8. The van der Waals surface area contributed by atoms with Crippen molar-refractivity contribution in [3.05, 3.63) is 40.0 Å². The fourth-order valence-corrected chi connectivity index (χ4v) is 2.73. The molecule has 0 radical (unpaired) electrons. The standard InChI is InChI=1S/C13H15N5S/c1-8-5-4-6-18-11(8)16-13(17-18)15-10(3)12-14-9(2)7-19-12/h4-7,10H,1-3H3,(H,15,17). The summed E-state index contributed by atoms with van der Waals surface area (Å²) in [7, 11) is 0. The van der Waals surface area contributed by atoms with Crippen molar-refractivity contribution in [3.8, 4) is 0 Å². The lowest BCUT2D eigenvalue weighted by Crippen LogP contribution is -2.07. The minimum atomic E-state index is 0.108. The Bertz CT molecular complexity index is 715. The minimum absolute atomic E-state index is 0.108. The molecule has 3 rings (SSSR count). The van der Waals surface area contributed by atoms with Gasteiger partial charge in [-0.05, 0) is 32.4 Å². The fraction of sp³-hybridized carbons (Fsp3) is 0.308. The highest BCUT2D eigenvalue weighted by molar-refractivity contribution is 7.09. The van der Waals surface area contributed by atoms with E-state index in [2.05, 4.69) is 32.7 Å². The van der Waals surface area contributed by atoms with E-state index in [9.17, 15) is 0 Å². The number of hydrogen-bond acceptors (Lipinski definition) is 5. The van der Waals surface area contributed by atoms with Gasteiger partial charge in [-0.25, -0.2) is 9.50 Å². The Hall–Kier alpha value is -1.95. The first-order valence-corrected chi connectivity index (χ1v) is 7.02. The van der Waals surface area contributed by atoms with Crippen molar-refractivity contribution in [1.29, 1.82) is 0 Å². The lowest BCUT2D eigenvalue weighted by atomic mass is 10.3. The third-order valence-electron chi connectivity index (χ3n) is 2.91. The second kappa shape index (κ2) is 4.62. The number of aryl methyl sites for hydroxylation is 2. The molecule has 5 nitrogen and oxygen atoms in total. The van der Waals surface area contributed by atoms with E-state index in [0.717, 1.165) is 21.9 Å². The highest BCUT2D eigenvalue weighted by Gasteiger charge is 2.12. The van der Waals surface area contributed by atoms with Crippen molar-refractivity contribution in [2.24, 2.45) is 0 Å². The molecule has 19 heavy (non-hydrogen) atoms. The number of rotatable bonds is 3. The zero-order valence-corrected chi connectivity index (χ0v) is 11.9. The van der Waals surface area contributed by atoms with Gasteiger partial charge in [0.15, 0.2) is 5.65 Å². The molecule has 1 unspecified atom stereocenters. The Morgan fingerprint density at radius 2 is 2.16 bits per heavy atom. The summed E-state index contributed by atoms with van der Waals surface area (Å²) >= 11 is 1.65. The van der Waals surface area contributed by atoms with Gasteiger partial charge in [0, 0.05) is 17.3 Å². The summed E-state index contributed by atoms with van der Waals surface area (Å²) in [6, 6.07) is 4.10. The molecule has 0 aromatic carbocycles. The monoisotopic (exact) mass is 273 g/mol. The summed E-state index contributed by atoms with van der Waals surface area (Å²) < 4.78 is 1.79. The van der Waals surface area contributed by atoms with E-state index < -0.39 is 0 Å². The van der Waals surface area contributed by atoms with Crippen LogP contribution in [0.4, 0.5) is 5.95 Å². The maximum Gasteiger partial charge on any atom is 0.243 e. The zero-order chi connectivity index (χ0) is 13.4. The minimum Gasteiger partial charge on any atom is -0.344 e. The van der Waals surface area contributed by atoms with E-state index >= 15 is 0 Å². The lowest BCUT2D eigenvalue weighted by Gasteiger charge is -2.08. The van der Waals surface area contributed by atoms with Gasteiger partial charge in [-0.1, -0.05) is 6.07 Å². The van der Waals surface area contributed by atoms with Crippen molar-refractivity contribution in [2.45, 2.75) is 26.8 Å². The van der Waals surface area contributed by atoms with Crippen LogP contribution in [0.1, 0.15) is 29.2 Å². The number of thiazole rings is 1. The van der Waals surface area contributed by atoms with Crippen molar-refractivity contribution < 1.29 is 0 Å². The second-order valence-corrected chi connectivity index (χ2v) is 5.48. The maximum atomic E-state index is 4.50. The van der Waals surface area contributed by atoms with Gasteiger partial charge in [0.25, 0.3) is 0 Å². The van der Waals surface area contributed by atoms with Gasteiger partial charge in [0.1, 0.15) is 5.01 Å². The number of aromatic nitrogens is 4. The topological polar surface area (TPSA) is 55.1 Å². The molecule has 1 atom stereocenters. The van der Waals surface area contributed by atoms with Crippen molar-refractivity contribution in [1.82, 2.24) is 19.6 Å². The Balaban J connectivity index is 1.87. The molecule has 0 aliphatic carbocycles. The van der Waals surface area contributed by atoms with Crippen molar-refractivity contribution >= 4 is 22.9 Å². The van der Waals surface area contributed by atoms with Crippen LogP contribution in [0.15, 0.2) is 23.7 Å². The molecule has 3 aromatic heterocycles. The van der Waals surface area contributed by atoms with E-state index in [1.54, 1.807) is 15.9 Å². The smallest absolute Gasteiger partial charge is 0.243 e. The Labute approximate surface area is 115 Å². The number of nitrogens with zero attached hydrogens (tertiary/aromatic N) is 4. The summed E-state index contributed by atoms with van der Waals surface area (Å²) in [4.78, 5) is 8.97. The number of nitrogens with one attached hydrogen (secondary N) is 1. The quantitative estimate of drug-likeness (QED) is 0.797. The molecule has 0 bridgehead atoms. The Kier molecular flexibility index (Phi) is 2.94. The summed E-state index contributed by atoms with van der Waals surface area (Å²) in [6.07, 6.45) is 1.90. The second-order valence-electron chi connectivity index (χ2n) is 4.59. The zero-order valence-electron chi connectivity index (χ0n) is 11.1. The van der Waals surface area contributed by atoms with Crippen LogP contribution in [0.2, 0.25) is 0 Å². The van der Waals surface area contributed by atoms with Crippen LogP contribution in [-0.4, -0.2) is 19.6 Å². The van der Waals surface area contributed by atoms with Crippen LogP contribution in [-0.2, 0) is 0 Å². The molecule has 0 spiro atoms. The van der Waals surface area contributed by atoms with Crippen LogP contribution in [0.5, 0.6) is 0 Å². The van der Waals surface area contributed by atoms with Crippen LogP contribution < -0.4 is 5.32 Å². The van der Waals surface area contributed by atoms with E-state index in [1.165, 1.54) is 0 Å². The molecule has 0 aliphatic rings. The molecule has 0 saturated carbocycles. The van der Waals surface area contributed by atoms with Crippen molar-refractivity contribution in [3.63, 3.8) is 0 Å². The van der Waals surface area contributed by atoms with Gasteiger partial charge in [-0.2, -0.15) is 4.98 Å². The largest absolute Gasteiger partial charge is 0.344 e. The third kappa shape index (κ3) is 2.31. The van der Waals surface area contributed by atoms with Crippen LogP contribution >= 0.6 is 11.3 Å². The van der Waals surface area contributed by atoms with Gasteiger partial charge in [0.05, 0.1) is 6.04 Å². The first-order chi connectivity index (χ1) is 9.13. The molecule has 0 fully saturated rings. The predicted octanol–water partition coefficient (Wildman–Crippen LogP) is 2.98. The average Bonchev–Trinajstić information content (AvgIpc) is 2.96. The molecule has 0 aliphatic heterocycles. The van der Waals surface area contributed by atoms with E-state index in [0.29, 0.717) is 5.95 Å². The third-order valence-corrected chi connectivity index (χ3v) is 4.06. The fourth-order valence-electron chi connectivity index (χ4n) is 1.93. The molecular formula is C13H15N5S. The summed E-state index contributed by atoms with van der Waals surface area (Å²) in [6.45, 7) is 6.09. The van der Waals surface area contributed by atoms with Gasteiger partial charge in [0.2, 0.25) is 5.95 Å². The highest BCUT2D eigenvalue weighted by Crippen LogP contribution is 2.21. The normalized spacial score (nSPS) is 12.8. The van der Waals surface area contributed by atoms with Crippen molar-refractivity contribution in [2.75, 3.05) is 5.32 Å². The Morgan fingerprint density at radius 1 is 1.32 bits per heavy atom. The van der Waals surface area contributed by atoms with Gasteiger partial charge < -0.3 is 5.32 Å². The van der Waals surface area contributed by atoms with Crippen LogP contribution in [0, 0.1) is 13.8 Å². The molecule has 3 heterocycles. The van der Waals surface area contributed by atoms with E-state index in [4.69, 9.17) is 0 Å². The number of pyridine rings is 1. The molecule has 6 heteroatoms. The van der Waals surface area contributed by atoms with E-state index in [1.807, 2.05) is 32.2 Å². The number of anilines is 1. The maximum absolute atomic E-state index is 4.50. The first-order valence-electron chi connectivity index (χ1n) is 6.14. The van der Waals surface area contributed by atoms with Crippen LogP contribution in [0.3, 0.4) is 0 Å². The average molecular weight is 273 g/mol. The SMILES string of the molecule is Cc1csc(C(C)Nc2nc3c(C)cccn3n2)n1. The van der Waals surface area contributed by atoms with Gasteiger partial charge >= 0.3 is 0 Å². The first kappa shape index (κ1) is 12.1. The number of fused-ring (bicyclic) bond motifs is 1. The molecule has 0 amide bonds. The van der Waals surface area contributed by atoms with E-state index in [-0.39, 0.29) is 6.04 Å². The Morgan fingerprint density at radius 3 is 2.84 bits per heavy atom. The highest BCUT2D eigenvalue weighted by atomic mass is 32.1. The molecule has 0 saturated heterocycles. The predicted molar refractivity (Wildman–Crippen MR) is 76.6 cm³/mol. The summed E-state index contributed by atoms with van der Waals surface area (Å²) in [5.41, 5.74) is 3.04.